The highest BCUT2D eigenvalue weighted by Crippen LogP contribution is 2.42. The molecule has 6 bridgehead atoms. The van der Waals surface area contributed by atoms with Crippen molar-refractivity contribution in [1.82, 2.24) is 40.1 Å². The lowest BCUT2D eigenvalue weighted by molar-refractivity contribution is -0.155. The predicted molar refractivity (Wildman–Crippen MR) is 248 cm³/mol. The molecule has 5 atom stereocenters. The predicted octanol–water partition coefficient (Wildman–Crippen LogP) is 5.66. The lowest BCUT2D eigenvalue weighted by atomic mass is 9.84. The van der Waals surface area contributed by atoms with Gasteiger partial charge in [0.25, 0.3) is 5.91 Å². The van der Waals surface area contributed by atoms with Crippen LogP contribution in [0.15, 0.2) is 67.4 Å². The number of aryl methyl sites for hydroxylation is 1. The van der Waals surface area contributed by atoms with Crippen LogP contribution in [0.3, 0.4) is 0 Å². The average Bonchev–Trinajstić information content (AvgIpc) is 3.92. The summed E-state index contributed by atoms with van der Waals surface area (Å²) in [5.74, 6) is -2.68. The summed E-state index contributed by atoms with van der Waals surface area (Å²) in [6.07, 6.45) is 4.83. The van der Waals surface area contributed by atoms with E-state index < -0.39 is 47.2 Å². The van der Waals surface area contributed by atoms with Gasteiger partial charge in [-0.3, -0.25) is 38.9 Å². The second-order valence-electron chi connectivity index (χ2n) is 18.8. The van der Waals surface area contributed by atoms with E-state index in [9.17, 15) is 24.0 Å². The Bertz CT molecular complexity index is 2460. The Morgan fingerprint density at radius 2 is 1.88 bits per heavy atom. The van der Waals surface area contributed by atoms with Crippen LogP contribution in [0.5, 0.6) is 0 Å². The van der Waals surface area contributed by atoms with Crippen molar-refractivity contribution in [2.75, 3.05) is 40.4 Å². The van der Waals surface area contributed by atoms with E-state index in [0.29, 0.717) is 56.7 Å². The largest absolute Gasteiger partial charge is 0.464 e. The van der Waals surface area contributed by atoms with Gasteiger partial charge in [0.15, 0.2) is 0 Å². The third-order valence-electron chi connectivity index (χ3n) is 13.1. The van der Waals surface area contributed by atoms with Gasteiger partial charge >= 0.3 is 5.97 Å². The second-order valence-corrected chi connectivity index (χ2v) is 18.8. The zero-order chi connectivity index (χ0) is 46.7. The van der Waals surface area contributed by atoms with Crippen LogP contribution in [-0.2, 0) is 52.8 Å². The van der Waals surface area contributed by atoms with Gasteiger partial charge in [-0.25, -0.2) is 5.43 Å². The molecule has 2 saturated heterocycles. The SMILES string of the molecule is C=CC(=O)N1CC[C@H](C(=O)N(C)C(C(=O)N[C@H]2Cc3cccc(n3)-c3ccc4c(c3)c(c(-c3cccnc3[C@H](C)OC)n4CC)CC(C)(C)COC(=O)[C@@H]3CCCN(N3)C2=O)C(C)C)C1. The maximum atomic E-state index is 14.7. The van der Waals surface area contributed by atoms with Gasteiger partial charge in [0.2, 0.25) is 17.7 Å². The number of carbonyl (C=O) groups is 5. The van der Waals surface area contributed by atoms with Gasteiger partial charge < -0.3 is 29.2 Å². The normalized spacial score (nSPS) is 21.1. The number of nitrogens with zero attached hydrogens (tertiary/aromatic N) is 6. The summed E-state index contributed by atoms with van der Waals surface area (Å²) >= 11 is 0. The number of amides is 4. The van der Waals surface area contributed by atoms with Gasteiger partial charge in [0, 0.05) is 86.1 Å². The first kappa shape index (κ1) is 47.0. The molecule has 3 aliphatic heterocycles. The number of ether oxygens (including phenoxy) is 2. The Morgan fingerprint density at radius 3 is 2.60 bits per heavy atom. The molecule has 3 aromatic heterocycles. The molecule has 7 rings (SSSR count). The number of hydrogen-bond donors (Lipinski definition) is 2. The van der Waals surface area contributed by atoms with Crippen LogP contribution >= 0.6 is 0 Å². The van der Waals surface area contributed by atoms with Crippen LogP contribution in [0.25, 0.3) is 33.4 Å². The molecular weight excluding hydrogens is 825 g/mol. The van der Waals surface area contributed by atoms with Crippen LogP contribution in [0.1, 0.15) is 83.9 Å². The summed E-state index contributed by atoms with van der Waals surface area (Å²) in [5, 5.41) is 5.46. The number of benzene rings is 1. The van der Waals surface area contributed by atoms with Crippen molar-refractivity contribution >= 4 is 40.5 Å². The highest BCUT2D eigenvalue weighted by Gasteiger charge is 2.40. The molecule has 2 N–H and O–H groups in total. The molecule has 15 heteroatoms. The first-order chi connectivity index (χ1) is 31.0. The van der Waals surface area contributed by atoms with E-state index in [4.69, 9.17) is 19.4 Å². The molecule has 15 nitrogen and oxygen atoms in total. The van der Waals surface area contributed by atoms with E-state index in [1.165, 1.54) is 16.0 Å². The van der Waals surface area contributed by atoms with Crippen molar-refractivity contribution < 1.29 is 33.4 Å². The fraction of sp³-hybridized carbons (Fsp3) is 0.500. The van der Waals surface area contributed by atoms with Crippen molar-refractivity contribution in [1.29, 1.82) is 0 Å². The van der Waals surface area contributed by atoms with Crippen molar-refractivity contribution in [3.05, 3.63) is 84.3 Å². The maximum Gasteiger partial charge on any atom is 0.324 e. The zero-order valence-corrected chi connectivity index (χ0v) is 39.1. The van der Waals surface area contributed by atoms with Gasteiger partial charge in [-0.05, 0) is 93.5 Å². The maximum absolute atomic E-state index is 14.7. The minimum absolute atomic E-state index is 0.0367. The molecule has 0 radical (unpaired) electrons. The number of rotatable bonds is 10. The first-order valence-electron chi connectivity index (χ1n) is 22.9. The molecule has 0 spiro atoms. The van der Waals surface area contributed by atoms with Crippen LogP contribution in [-0.4, -0.2) is 117 Å². The average molecular weight is 889 g/mol. The Kier molecular flexibility index (Phi) is 14.2. The quantitative estimate of drug-likeness (QED) is 0.150. The summed E-state index contributed by atoms with van der Waals surface area (Å²) in [5.41, 5.74) is 9.71. The third kappa shape index (κ3) is 9.86. The van der Waals surface area contributed by atoms with Gasteiger partial charge in [0.1, 0.15) is 18.1 Å². The number of likely N-dealkylation sites (tertiary alicyclic amines) is 1. The van der Waals surface area contributed by atoms with Crippen LogP contribution < -0.4 is 10.7 Å². The minimum atomic E-state index is -1.11. The van der Waals surface area contributed by atoms with Gasteiger partial charge in [0.05, 0.1) is 35.7 Å². The van der Waals surface area contributed by atoms with Crippen LogP contribution in [0.4, 0.5) is 0 Å². The van der Waals surface area contributed by atoms with Crippen molar-refractivity contribution in [3.8, 4) is 22.5 Å². The number of fused-ring (bicyclic) bond motifs is 6. The number of likely N-dealkylation sites (N-methyl/N-ethyl adjacent to an activating group) is 1. The summed E-state index contributed by atoms with van der Waals surface area (Å²) in [7, 11) is 3.28. The number of esters is 1. The molecule has 0 saturated carbocycles. The van der Waals surface area contributed by atoms with Gasteiger partial charge in [-0.2, -0.15) is 0 Å². The molecule has 4 aromatic rings. The highest BCUT2D eigenvalue weighted by atomic mass is 16.5. The monoisotopic (exact) mass is 888 g/mol. The van der Waals surface area contributed by atoms with E-state index in [1.807, 2.05) is 45.0 Å². The number of hydrazine groups is 1. The smallest absolute Gasteiger partial charge is 0.324 e. The van der Waals surface area contributed by atoms with Crippen LogP contribution in [0, 0.1) is 17.3 Å². The van der Waals surface area contributed by atoms with Gasteiger partial charge in [-0.15, -0.1) is 0 Å². The molecular formula is C50H64N8O7. The van der Waals surface area contributed by atoms with E-state index in [-0.39, 0.29) is 43.4 Å². The topological polar surface area (TPSA) is 168 Å². The third-order valence-corrected chi connectivity index (χ3v) is 13.1. The summed E-state index contributed by atoms with van der Waals surface area (Å²) in [6, 6.07) is 13.2. The van der Waals surface area contributed by atoms with Gasteiger partial charge in [-0.1, -0.05) is 46.4 Å². The molecule has 65 heavy (non-hydrogen) atoms. The number of nitrogens with one attached hydrogen (secondary N) is 2. The second kappa shape index (κ2) is 19.7. The Morgan fingerprint density at radius 1 is 1.09 bits per heavy atom. The molecule has 3 aliphatic rings. The first-order valence-corrected chi connectivity index (χ1v) is 22.9. The number of carbonyl (C=O) groups excluding carboxylic acids is 5. The fourth-order valence-electron chi connectivity index (χ4n) is 9.71. The fourth-order valence-corrected chi connectivity index (χ4v) is 9.71. The Labute approximate surface area is 381 Å². The minimum Gasteiger partial charge on any atom is -0.464 e. The van der Waals surface area contributed by atoms with Crippen molar-refractivity contribution in [2.24, 2.45) is 17.3 Å². The molecule has 2 fully saturated rings. The number of aromatic nitrogens is 3. The molecule has 1 aromatic carbocycles. The molecule has 0 aliphatic carbocycles. The highest BCUT2D eigenvalue weighted by molar-refractivity contribution is 5.96. The van der Waals surface area contributed by atoms with Crippen molar-refractivity contribution in [2.45, 2.75) is 104 Å². The summed E-state index contributed by atoms with van der Waals surface area (Å²) in [6.45, 7) is 17.4. The number of methoxy groups -OCH3 is 1. The zero-order valence-electron chi connectivity index (χ0n) is 39.1. The van der Waals surface area contributed by atoms with Crippen molar-refractivity contribution in [3.63, 3.8) is 0 Å². The molecule has 4 amide bonds. The number of hydrogen-bond acceptors (Lipinski definition) is 10. The molecule has 1 unspecified atom stereocenters. The Balaban J connectivity index is 1.29. The molecule has 6 heterocycles. The van der Waals surface area contributed by atoms with Crippen LogP contribution in [0.2, 0.25) is 0 Å². The lowest BCUT2D eigenvalue weighted by Gasteiger charge is -2.37. The number of cyclic esters (lactones) is 1. The summed E-state index contributed by atoms with van der Waals surface area (Å²) in [4.78, 5) is 82.2. The molecule has 346 valence electrons. The number of pyridine rings is 2. The van der Waals surface area contributed by atoms with E-state index >= 15 is 0 Å². The van der Waals surface area contributed by atoms with E-state index in [2.05, 4.69) is 66.9 Å². The van der Waals surface area contributed by atoms with E-state index in [0.717, 1.165) is 39.0 Å². The van der Waals surface area contributed by atoms with E-state index in [1.54, 1.807) is 25.3 Å². The standard InChI is InChI=1S/C50H64N8O7/c1-10-42(59)56-24-21-33(28-56)47(61)55(8)44(30(3)4)46(60)53-40-26-34-15-12-17-38(52-34)32-19-20-41-36(25-32)37(45(57(41)11-2)35-16-13-22-51-43(35)31(5)64-9)27-50(6,7)29-65-49(63)39-18-14-23-58(54-39)48(40)62/h10,12-13,15-17,19-20,22,25,30-31,33,39-40,44,54H,1,11,14,18,21,23-24,26-29H2,2-9H3,(H,53,60)/t31-,33-,39-,40-,44?/m0/s1. The summed E-state index contributed by atoms with van der Waals surface area (Å²) < 4.78 is 14.2. The lowest BCUT2D eigenvalue weighted by Crippen LogP contribution is -2.62. The Hall–Kier alpha value is -5.93.